The lowest BCUT2D eigenvalue weighted by atomic mass is 10.1. The van der Waals surface area contributed by atoms with Gasteiger partial charge in [-0.25, -0.2) is 0 Å². The first kappa shape index (κ1) is 12.9. The molecule has 1 aromatic carbocycles. The highest BCUT2D eigenvalue weighted by atomic mass is 35.5. The van der Waals surface area contributed by atoms with Gasteiger partial charge in [0.25, 0.3) is 0 Å². The van der Waals surface area contributed by atoms with E-state index in [9.17, 15) is 0 Å². The van der Waals surface area contributed by atoms with Gasteiger partial charge in [0.2, 0.25) is 0 Å². The topological polar surface area (TPSA) is 36.4 Å². The molecule has 0 aliphatic heterocycles. The zero-order chi connectivity index (χ0) is 12.0. The second-order valence-corrected chi connectivity index (χ2v) is 3.96. The van der Waals surface area contributed by atoms with E-state index in [1.807, 2.05) is 31.2 Å². The third-order valence-electron chi connectivity index (χ3n) is 2.01. The first-order valence-corrected chi connectivity index (χ1v) is 5.76. The molecular weight excluding hydrogens is 242 g/mol. The maximum atomic E-state index is 5.92. The zero-order valence-electron chi connectivity index (χ0n) is 9.25. The van der Waals surface area contributed by atoms with Gasteiger partial charge in [-0.05, 0) is 36.3 Å². The summed E-state index contributed by atoms with van der Waals surface area (Å²) < 4.78 is 0. The maximum absolute atomic E-state index is 5.92. The molecule has 0 saturated carbocycles. The molecule has 0 spiro atoms. The van der Waals surface area contributed by atoms with Crippen molar-refractivity contribution >= 4 is 34.6 Å². The first-order chi connectivity index (χ1) is 7.67. The van der Waals surface area contributed by atoms with E-state index in [0.29, 0.717) is 10.1 Å². The number of halogens is 1. The second kappa shape index (κ2) is 6.45. The van der Waals surface area contributed by atoms with Crippen LogP contribution in [0.15, 0.2) is 29.4 Å². The normalized spacial score (nSPS) is 11.1. The molecular formula is C11H14ClN3S. The summed E-state index contributed by atoms with van der Waals surface area (Å²) in [6, 6.07) is 7.59. The number of benzene rings is 1. The molecule has 0 aliphatic carbocycles. The minimum Gasteiger partial charge on any atom is -0.364 e. The lowest BCUT2D eigenvalue weighted by Gasteiger charge is -2.06. The summed E-state index contributed by atoms with van der Waals surface area (Å²) in [7, 11) is 1.75. The third-order valence-corrected chi connectivity index (χ3v) is 2.54. The van der Waals surface area contributed by atoms with E-state index in [0.717, 1.165) is 17.7 Å². The van der Waals surface area contributed by atoms with E-state index >= 15 is 0 Å². The van der Waals surface area contributed by atoms with Gasteiger partial charge in [-0.1, -0.05) is 30.7 Å². The Hall–Kier alpha value is -1.13. The summed E-state index contributed by atoms with van der Waals surface area (Å²) in [4.78, 5) is 0. The Morgan fingerprint density at radius 3 is 2.81 bits per heavy atom. The van der Waals surface area contributed by atoms with E-state index in [2.05, 4.69) is 15.8 Å². The van der Waals surface area contributed by atoms with Crippen molar-refractivity contribution < 1.29 is 0 Å². The Balaban J connectivity index is 2.85. The van der Waals surface area contributed by atoms with Crippen LogP contribution >= 0.6 is 23.8 Å². The van der Waals surface area contributed by atoms with Crippen LogP contribution < -0.4 is 10.7 Å². The SMILES string of the molecule is CC/C(=N\NC(=S)NC)c1cccc(Cl)c1. The number of hydrogen-bond acceptors (Lipinski definition) is 2. The van der Waals surface area contributed by atoms with Gasteiger partial charge < -0.3 is 5.32 Å². The van der Waals surface area contributed by atoms with Crippen LogP contribution in [0.1, 0.15) is 18.9 Å². The summed E-state index contributed by atoms with van der Waals surface area (Å²) in [5.74, 6) is 0. The average Bonchev–Trinajstić information content (AvgIpc) is 2.29. The fourth-order valence-corrected chi connectivity index (χ4v) is 1.43. The number of hydrazone groups is 1. The van der Waals surface area contributed by atoms with Crippen LogP contribution in [0.4, 0.5) is 0 Å². The summed E-state index contributed by atoms with van der Waals surface area (Å²) in [5.41, 5.74) is 4.68. The molecule has 0 atom stereocenters. The molecule has 16 heavy (non-hydrogen) atoms. The van der Waals surface area contributed by atoms with E-state index in [1.54, 1.807) is 7.05 Å². The minimum absolute atomic E-state index is 0.493. The highest BCUT2D eigenvalue weighted by Gasteiger charge is 2.02. The Kier molecular flexibility index (Phi) is 5.22. The molecule has 0 radical (unpaired) electrons. The molecule has 3 nitrogen and oxygen atoms in total. The van der Waals surface area contributed by atoms with Crippen molar-refractivity contribution in [3.8, 4) is 0 Å². The maximum Gasteiger partial charge on any atom is 0.186 e. The fourth-order valence-electron chi connectivity index (χ4n) is 1.19. The van der Waals surface area contributed by atoms with E-state index in [1.165, 1.54) is 0 Å². The van der Waals surface area contributed by atoms with Crippen molar-refractivity contribution in [2.45, 2.75) is 13.3 Å². The largest absolute Gasteiger partial charge is 0.364 e. The molecule has 0 amide bonds. The Bertz CT molecular complexity index is 404. The predicted molar refractivity (Wildman–Crippen MR) is 73.1 cm³/mol. The Morgan fingerprint density at radius 1 is 1.50 bits per heavy atom. The first-order valence-electron chi connectivity index (χ1n) is 4.97. The Labute approximate surface area is 106 Å². The number of thiocarbonyl (C=S) groups is 1. The van der Waals surface area contributed by atoms with Crippen molar-refractivity contribution in [2.75, 3.05) is 7.05 Å². The van der Waals surface area contributed by atoms with Crippen LogP contribution in [0.25, 0.3) is 0 Å². The van der Waals surface area contributed by atoms with Crippen LogP contribution in [0.5, 0.6) is 0 Å². The van der Waals surface area contributed by atoms with Gasteiger partial charge in [0.1, 0.15) is 0 Å². The standard InChI is InChI=1S/C11H14ClN3S/c1-3-10(14-15-11(16)13-2)8-5-4-6-9(12)7-8/h4-7H,3H2,1-2H3,(H2,13,15,16)/b14-10+. The quantitative estimate of drug-likeness (QED) is 0.495. The number of rotatable bonds is 3. The van der Waals surface area contributed by atoms with Crippen molar-refractivity contribution in [2.24, 2.45) is 5.10 Å². The van der Waals surface area contributed by atoms with E-state index < -0.39 is 0 Å². The lowest BCUT2D eigenvalue weighted by molar-refractivity contribution is 0.965. The molecule has 0 saturated heterocycles. The average molecular weight is 256 g/mol. The highest BCUT2D eigenvalue weighted by molar-refractivity contribution is 7.80. The summed E-state index contributed by atoms with van der Waals surface area (Å²) in [6.07, 6.45) is 0.805. The van der Waals surface area contributed by atoms with Crippen LogP contribution in [0.3, 0.4) is 0 Å². The van der Waals surface area contributed by atoms with E-state index in [4.69, 9.17) is 23.8 Å². The molecule has 5 heteroatoms. The number of hydrogen-bond donors (Lipinski definition) is 2. The molecule has 0 aromatic heterocycles. The van der Waals surface area contributed by atoms with Crippen molar-refractivity contribution in [3.63, 3.8) is 0 Å². The van der Waals surface area contributed by atoms with Gasteiger partial charge >= 0.3 is 0 Å². The molecule has 2 N–H and O–H groups in total. The van der Waals surface area contributed by atoms with Crippen LogP contribution in [-0.2, 0) is 0 Å². The minimum atomic E-state index is 0.493. The lowest BCUT2D eigenvalue weighted by Crippen LogP contribution is -2.29. The molecule has 0 unspecified atom stereocenters. The van der Waals surface area contributed by atoms with Gasteiger partial charge in [-0.15, -0.1) is 0 Å². The monoisotopic (exact) mass is 255 g/mol. The zero-order valence-corrected chi connectivity index (χ0v) is 10.8. The van der Waals surface area contributed by atoms with E-state index in [-0.39, 0.29) is 0 Å². The number of nitrogens with one attached hydrogen (secondary N) is 2. The molecule has 0 aliphatic rings. The highest BCUT2D eigenvalue weighted by Crippen LogP contribution is 2.12. The summed E-state index contributed by atoms with van der Waals surface area (Å²) in [5, 5.41) is 8.22. The van der Waals surface area contributed by atoms with Crippen molar-refractivity contribution in [3.05, 3.63) is 34.9 Å². The van der Waals surface area contributed by atoms with Crippen molar-refractivity contribution in [1.29, 1.82) is 0 Å². The van der Waals surface area contributed by atoms with Gasteiger partial charge in [0.05, 0.1) is 5.71 Å². The summed E-state index contributed by atoms with van der Waals surface area (Å²) >= 11 is 10.9. The Morgan fingerprint density at radius 2 is 2.25 bits per heavy atom. The van der Waals surface area contributed by atoms with Gasteiger partial charge in [0, 0.05) is 12.1 Å². The number of nitrogens with zero attached hydrogens (tertiary/aromatic N) is 1. The molecule has 1 rings (SSSR count). The van der Waals surface area contributed by atoms with Crippen molar-refractivity contribution in [1.82, 2.24) is 10.7 Å². The molecule has 0 heterocycles. The van der Waals surface area contributed by atoms with Gasteiger partial charge in [-0.3, -0.25) is 5.43 Å². The summed E-state index contributed by atoms with van der Waals surface area (Å²) in [6.45, 7) is 2.03. The van der Waals surface area contributed by atoms with Crippen LogP contribution in [-0.4, -0.2) is 17.9 Å². The van der Waals surface area contributed by atoms with Gasteiger partial charge in [-0.2, -0.15) is 5.10 Å². The third kappa shape index (κ3) is 3.79. The van der Waals surface area contributed by atoms with Crippen LogP contribution in [0, 0.1) is 0 Å². The molecule has 86 valence electrons. The molecule has 1 aromatic rings. The predicted octanol–water partition coefficient (Wildman–Crippen LogP) is 2.55. The molecule has 0 fully saturated rings. The van der Waals surface area contributed by atoms with Crippen LogP contribution in [0.2, 0.25) is 5.02 Å². The second-order valence-electron chi connectivity index (χ2n) is 3.11. The smallest absolute Gasteiger partial charge is 0.186 e. The fraction of sp³-hybridized carbons (Fsp3) is 0.273. The van der Waals surface area contributed by atoms with Gasteiger partial charge in [0.15, 0.2) is 5.11 Å². The molecule has 0 bridgehead atoms.